The quantitative estimate of drug-likeness (QED) is 0.509. The van der Waals surface area contributed by atoms with E-state index in [0.29, 0.717) is 10.6 Å². The first-order chi connectivity index (χ1) is 11.6. The highest BCUT2D eigenvalue weighted by molar-refractivity contribution is 6.30. The van der Waals surface area contributed by atoms with E-state index in [-0.39, 0.29) is 18.8 Å². The van der Waals surface area contributed by atoms with Crippen molar-refractivity contribution in [2.45, 2.75) is 6.42 Å². The zero-order valence-electron chi connectivity index (χ0n) is 12.9. The third kappa shape index (κ3) is 3.81. The molecule has 0 radical (unpaired) electrons. The number of Topliss-reactive ketones (excluding diaryl/α,β-unsaturated/α-hetero) is 1. The number of hydrogen-bond donors (Lipinski definition) is 0. The summed E-state index contributed by atoms with van der Waals surface area (Å²) in [6, 6.07) is 20.1. The van der Waals surface area contributed by atoms with E-state index < -0.39 is 5.97 Å². The molecule has 0 saturated heterocycles. The Labute approximate surface area is 144 Å². The van der Waals surface area contributed by atoms with E-state index in [1.807, 2.05) is 42.5 Å². The maximum atomic E-state index is 12.1. The third-order valence-corrected chi connectivity index (χ3v) is 4.00. The lowest BCUT2D eigenvalue weighted by molar-refractivity contribution is -0.141. The molecule has 3 nitrogen and oxygen atoms in total. The minimum Gasteiger partial charge on any atom is -0.457 e. The number of halogens is 1. The van der Waals surface area contributed by atoms with Crippen LogP contribution in [-0.2, 0) is 16.0 Å². The number of ketones is 1. The van der Waals surface area contributed by atoms with Crippen LogP contribution in [0.15, 0.2) is 66.7 Å². The van der Waals surface area contributed by atoms with Crippen molar-refractivity contribution in [3.05, 3.63) is 82.9 Å². The number of ether oxygens (including phenoxy) is 1. The molecule has 0 amide bonds. The number of hydrogen-bond acceptors (Lipinski definition) is 3. The Morgan fingerprint density at radius 2 is 1.58 bits per heavy atom. The summed E-state index contributed by atoms with van der Waals surface area (Å²) in [7, 11) is 0. The fourth-order valence-electron chi connectivity index (χ4n) is 2.52. The molecule has 0 unspecified atom stereocenters. The Balaban J connectivity index is 1.63. The van der Waals surface area contributed by atoms with Gasteiger partial charge in [-0.25, -0.2) is 0 Å². The highest BCUT2D eigenvalue weighted by atomic mass is 35.5. The average Bonchev–Trinajstić information content (AvgIpc) is 2.61. The summed E-state index contributed by atoms with van der Waals surface area (Å²) < 4.78 is 5.12. The monoisotopic (exact) mass is 338 g/mol. The maximum absolute atomic E-state index is 12.1. The van der Waals surface area contributed by atoms with Gasteiger partial charge in [0.25, 0.3) is 0 Å². The van der Waals surface area contributed by atoms with Crippen LogP contribution in [0.4, 0.5) is 0 Å². The normalized spacial score (nSPS) is 10.5. The molecule has 3 aromatic carbocycles. The molecule has 24 heavy (non-hydrogen) atoms. The van der Waals surface area contributed by atoms with Crippen LogP contribution in [0.5, 0.6) is 0 Å². The molecule has 3 rings (SSSR count). The van der Waals surface area contributed by atoms with E-state index in [1.165, 1.54) is 0 Å². The predicted molar refractivity (Wildman–Crippen MR) is 94.4 cm³/mol. The fourth-order valence-corrected chi connectivity index (χ4v) is 2.64. The van der Waals surface area contributed by atoms with Crippen molar-refractivity contribution < 1.29 is 14.3 Å². The molecule has 0 spiro atoms. The summed E-state index contributed by atoms with van der Waals surface area (Å²) in [5.74, 6) is -0.674. The number of carbonyl (C=O) groups excluding carboxylic acids is 2. The molecule has 0 aliphatic heterocycles. The van der Waals surface area contributed by atoms with Crippen molar-refractivity contribution in [1.82, 2.24) is 0 Å². The molecule has 0 aliphatic carbocycles. The highest BCUT2D eigenvalue weighted by Gasteiger charge is 2.12. The summed E-state index contributed by atoms with van der Waals surface area (Å²) in [6.07, 6.45) is 0.134. The molecule has 0 aliphatic rings. The Morgan fingerprint density at radius 1 is 0.875 bits per heavy atom. The van der Waals surface area contributed by atoms with E-state index >= 15 is 0 Å². The van der Waals surface area contributed by atoms with E-state index in [0.717, 1.165) is 16.3 Å². The van der Waals surface area contributed by atoms with Gasteiger partial charge in [-0.2, -0.15) is 0 Å². The van der Waals surface area contributed by atoms with Gasteiger partial charge in [0.1, 0.15) is 0 Å². The molecule has 0 saturated carbocycles. The number of esters is 1. The van der Waals surface area contributed by atoms with Gasteiger partial charge >= 0.3 is 5.97 Å². The molecular formula is C20H15ClO3. The molecule has 0 fully saturated rings. The standard InChI is InChI=1S/C20H15ClO3/c21-17-10-8-15(9-11-17)19(22)13-24-20(23)12-16-6-3-5-14-4-1-2-7-18(14)16/h1-11H,12-13H2. The van der Waals surface area contributed by atoms with Gasteiger partial charge < -0.3 is 4.74 Å². The van der Waals surface area contributed by atoms with Gasteiger partial charge in [-0.1, -0.05) is 54.1 Å². The Morgan fingerprint density at radius 3 is 2.38 bits per heavy atom. The van der Waals surface area contributed by atoms with Crippen molar-refractivity contribution in [3.8, 4) is 0 Å². The molecule has 0 atom stereocenters. The van der Waals surface area contributed by atoms with Crippen LogP contribution >= 0.6 is 11.6 Å². The van der Waals surface area contributed by atoms with Gasteiger partial charge in [0, 0.05) is 10.6 Å². The number of fused-ring (bicyclic) bond motifs is 1. The zero-order chi connectivity index (χ0) is 16.9. The molecular weight excluding hydrogens is 324 g/mol. The lowest BCUT2D eigenvalue weighted by atomic mass is 10.0. The molecule has 4 heteroatoms. The Kier molecular flexibility index (Phi) is 4.92. The van der Waals surface area contributed by atoms with Crippen molar-refractivity contribution in [1.29, 1.82) is 0 Å². The second kappa shape index (κ2) is 7.28. The van der Waals surface area contributed by atoms with Gasteiger partial charge in [-0.05, 0) is 40.6 Å². The van der Waals surface area contributed by atoms with Crippen LogP contribution in [0, 0.1) is 0 Å². The summed E-state index contributed by atoms with van der Waals surface area (Å²) in [5.41, 5.74) is 1.36. The van der Waals surface area contributed by atoms with E-state index in [9.17, 15) is 9.59 Å². The lowest BCUT2D eigenvalue weighted by Crippen LogP contribution is -2.15. The van der Waals surface area contributed by atoms with Crippen LogP contribution in [0.1, 0.15) is 15.9 Å². The Bertz CT molecular complexity index is 880. The van der Waals surface area contributed by atoms with Gasteiger partial charge in [-0.3, -0.25) is 9.59 Å². The van der Waals surface area contributed by atoms with Crippen LogP contribution in [0.25, 0.3) is 10.8 Å². The minimum absolute atomic E-state index is 0.134. The number of carbonyl (C=O) groups is 2. The molecule has 0 aromatic heterocycles. The highest BCUT2D eigenvalue weighted by Crippen LogP contribution is 2.19. The van der Waals surface area contributed by atoms with Gasteiger partial charge in [0.2, 0.25) is 0 Å². The minimum atomic E-state index is -0.423. The summed E-state index contributed by atoms with van der Waals surface area (Å²) >= 11 is 5.79. The van der Waals surface area contributed by atoms with Crippen molar-refractivity contribution >= 4 is 34.1 Å². The SMILES string of the molecule is O=C(Cc1cccc2ccccc12)OCC(=O)c1ccc(Cl)cc1. The zero-order valence-corrected chi connectivity index (χ0v) is 13.6. The first kappa shape index (κ1) is 16.2. The van der Waals surface area contributed by atoms with Gasteiger partial charge in [-0.15, -0.1) is 0 Å². The fraction of sp³-hybridized carbons (Fsp3) is 0.100. The van der Waals surface area contributed by atoms with Gasteiger partial charge in [0.05, 0.1) is 6.42 Å². The Hall–Kier alpha value is -2.65. The van der Waals surface area contributed by atoms with Crippen molar-refractivity contribution in [2.75, 3.05) is 6.61 Å². The molecule has 0 N–H and O–H groups in total. The second-order valence-electron chi connectivity index (χ2n) is 5.41. The number of rotatable bonds is 5. The number of benzene rings is 3. The maximum Gasteiger partial charge on any atom is 0.310 e. The first-order valence-electron chi connectivity index (χ1n) is 7.54. The van der Waals surface area contributed by atoms with Crippen molar-refractivity contribution in [3.63, 3.8) is 0 Å². The van der Waals surface area contributed by atoms with Crippen LogP contribution in [0.2, 0.25) is 5.02 Å². The smallest absolute Gasteiger partial charge is 0.310 e. The largest absolute Gasteiger partial charge is 0.457 e. The second-order valence-corrected chi connectivity index (χ2v) is 5.84. The van der Waals surface area contributed by atoms with Crippen LogP contribution in [-0.4, -0.2) is 18.4 Å². The van der Waals surface area contributed by atoms with Crippen LogP contribution < -0.4 is 0 Å². The molecule has 0 heterocycles. The molecule has 0 bridgehead atoms. The molecule has 120 valence electrons. The lowest BCUT2D eigenvalue weighted by Gasteiger charge is -2.07. The molecule has 3 aromatic rings. The van der Waals surface area contributed by atoms with Crippen LogP contribution in [0.3, 0.4) is 0 Å². The van der Waals surface area contributed by atoms with Gasteiger partial charge in [0.15, 0.2) is 12.4 Å². The summed E-state index contributed by atoms with van der Waals surface area (Å²) in [5, 5.41) is 2.64. The summed E-state index contributed by atoms with van der Waals surface area (Å²) in [6.45, 7) is -0.273. The van der Waals surface area contributed by atoms with E-state index in [4.69, 9.17) is 16.3 Å². The summed E-state index contributed by atoms with van der Waals surface area (Å²) in [4.78, 5) is 24.1. The van der Waals surface area contributed by atoms with E-state index in [1.54, 1.807) is 24.3 Å². The average molecular weight is 339 g/mol. The first-order valence-corrected chi connectivity index (χ1v) is 7.92. The van der Waals surface area contributed by atoms with E-state index in [2.05, 4.69) is 0 Å². The topological polar surface area (TPSA) is 43.4 Å². The predicted octanol–water partition coefficient (Wildman–Crippen LogP) is 4.46. The third-order valence-electron chi connectivity index (χ3n) is 3.75. The van der Waals surface area contributed by atoms with Crippen molar-refractivity contribution in [2.24, 2.45) is 0 Å².